The average molecular weight is 192 g/mol. The summed E-state index contributed by atoms with van der Waals surface area (Å²) in [4.78, 5) is 1.86. The van der Waals surface area contributed by atoms with Crippen LogP contribution in [0.15, 0.2) is 0 Å². The molecule has 0 aliphatic carbocycles. The first kappa shape index (κ1) is 10.9. The summed E-state index contributed by atoms with van der Waals surface area (Å²) in [5.41, 5.74) is -0.150. The van der Waals surface area contributed by atoms with E-state index < -0.39 is 6.43 Å². The highest BCUT2D eigenvalue weighted by atomic mass is 19.3. The average Bonchev–Trinajstić information content (AvgIpc) is 1.97. The van der Waals surface area contributed by atoms with E-state index in [1.807, 2.05) is 25.7 Å². The van der Waals surface area contributed by atoms with Crippen molar-refractivity contribution in [2.75, 3.05) is 19.6 Å². The zero-order chi connectivity index (χ0) is 10.1. The number of hydrogen-bond acceptors (Lipinski definition) is 2. The monoisotopic (exact) mass is 192 g/mol. The van der Waals surface area contributed by atoms with E-state index in [1.165, 1.54) is 0 Å². The molecular formula is C9H18F2N2. The molecule has 1 saturated heterocycles. The molecule has 0 radical (unpaired) electrons. The van der Waals surface area contributed by atoms with Crippen LogP contribution in [0.3, 0.4) is 0 Å². The zero-order valence-electron chi connectivity index (χ0n) is 8.48. The summed E-state index contributed by atoms with van der Waals surface area (Å²) in [6.07, 6.45) is -2.23. The van der Waals surface area contributed by atoms with Crippen molar-refractivity contribution in [2.45, 2.75) is 38.8 Å². The fourth-order valence-electron chi connectivity index (χ4n) is 1.67. The molecule has 1 fully saturated rings. The summed E-state index contributed by atoms with van der Waals surface area (Å²) in [7, 11) is 0. The number of hydrogen-bond donors (Lipinski definition) is 1. The third kappa shape index (κ3) is 2.88. The van der Waals surface area contributed by atoms with Crippen molar-refractivity contribution in [2.24, 2.45) is 0 Å². The van der Waals surface area contributed by atoms with Crippen LogP contribution in [0.1, 0.15) is 20.8 Å². The highest BCUT2D eigenvalue weighted by Crippen LogP contribution is 2.19. The van der Waals surface area contributed by atoms with E-state index in [1.54, 1.807) is 0 Å². The summed E-state index contributed by atoms with van der Waals surface area (Å²) < 4.78 is 24.5. The SMILES string of the molecule is CC1CN(CC(F)F)C(C)(C)CN1. The molecule has 13 heavy (non-hydrogen) atoms. The van der Waals surface area contributed by atoms with E-state index in [-0.39, 0.29) is 12.1 Å². The van der Waals surface area contributed by atoms with Gasteiger partial charge in [-0.15, -0.1) is 0 Å². The standard InChI is InChI=1S/C9H18F2N2/c1-7-4-13(5-8(10)11)9(2,3)6-12-7/h7-8,12H,4-6H2,1-3H3. The van der Waals surface area contributed by atoms with Gasteiger partial charge in [0.25, 0.3) is 6.43 Å². The predicted octanol–water partition coefficient (Wildman–Crippen LogP) is 1.32. The van der Waals surface area contributed by atoms with Gasteiger partial charge in [0.05, 0.1) is 6.54 Å². The fourth-order valence-corrected chi connectivity index (χ4v) is 1.67. The van der Waals surface area contributed by atoms with Crippen LogP contribution in [0.25, 0.3) is 0 Å². The first-order valence-corrected chi connectivity index (χ1v) is 4.68. The molecule has 1 aliphatic heterocycles. The number of rotatable bonds is 2. The Hall–Kier alpha value is -0.220. The van der Waals surface area contributed by atoms with Crippen molar-refractivity contribution in [3.8, 4) is 0 Å². The molecule has 0 saturated carbocycles. The van der Waals surface area contributed by atoms with Gasteiger partial charge in [-0.1, -0.05) is 0 Å². The van der Waals surface area contributed by atoms with Crippen LogP contribution in [-0.2, 0) is 0 Å². The molecule has 1 unspecified atom stereocenters. The molecule has 0 spiro atoms. The molecule has 0 bridgehead atoms. The van der Waals surface area contributed by atoms with Gasteiger partial charge in [0.1, 0.15) is 0 Å². The van der Waals surface area contributed by atoms with Crippen LogP contribution in [0.4, 0.5) is 8.78 Å². The number of halogens is 2. The number of piperazine rings is 1. The lowest BCUT2D eigenvalue weighted by Gasteiger charge is -2.45. The smallest absolute Gasteiger partial charge is 0.251 e. The van der Waals surface area contributed by atoms with Gasteiger partial charge in [-0.05, 0) is 20.8 Å². The van der Waals surface area contributed by atoms with E-state index in [2.05, 4.69) is 5.32 Å². The molecule has 0 aromatic heterocycles. The minimum absolute atomic E-state index is 0.112. The lowest BCUT2D eigenvalue weighted by atomic mass is 9.98. The summed E-state index contributed by atoms with van der Waals surface area (Å²) in [5.74, 6) is 0. The number of nitrogens with zero attached hydrogens (tertiary/aromatic N) is 1. The maximum absolute atomic E-state index is 12.2. The molecule has 1 aliphatic rings. The van der Waals surface area contributed by atoms with Gasteiger partial charge in [-0.2, -0.15) is 0 Å². The van der Waals surface area contributed by atoms with Crippen LogP contribution in [0.5, 0.6) is 0 Å². The van der Waals surface area contributed by atoms with Gasteiger partial charge in [0.15, 0.2) is 0 Å². The van der Waals surface area contributed by atoms with Crippen molar-refractivity contribution < 1.29 is 8.78 Å². The molecule has 1 N–H and O–H groups in total. The van der Waals surface area contributed by atoms with Gasteiger partial charge in [0, 0.05) is 24.7 Å². The third-order valence-corrected chi connectivity index (χ3v) is 2.59. The quantitative estimate of drug-likeness (QED) is 0.710. The van der Waals surface area contributed by atoms with Gasteiger partial charge in [-0.3, -0.25) is 4.90 Å². The first-order valence-electron chi connectivity index (χ1n) is 4.68. The Morgan fingerprint density at radius 2 is 2.15 bits per heavy atom. The number of alkyl halides is 2. The predicted molar refractivity (Wildman–Crippen MR) is 49.1 cm³/mol. The third-order valence-electron chi connectivity index (χ3n) is 2.59. The molecule has 78 valence electrons. The molecule has 4 heteroatoms. The van der Waals surface area contributed by atoms with Crippen molar-refractivity contribution in [1.29, 1.82) is 0 Å². The van der Waals surface area contributed by atoms with Crippen molar-refractivity contribution in [3.63, 3.8) is 0 Å². The van der Waals surface area contributed by atoms with Crippen molar-refractivity contribution >= 4 is 0 Å². The molecule has 0 aromatic carbocycles. The Labute approximate surface area is 78.3 Å². The van der Waals surface area contributed by atoms with Crippen LogP contribution in [-0.4, -0.2) is 42.5 Å². The Balaban J connectivity index is 2.56. The second kappa shape index (κ2) is 3.88. The van der Waals surface area contributed by atoms with Gasteiger partial charge < -0.3 is 5.32 Å². The second-order valence-corrected chi connectivity index (χ2v) is 4.39. The topological polar surface area (TPSA) is 15.3 Å². The van der Waals surface area contributed by atoms with E-state index >= 15 is 0 Å². The number of nitrogens with one attached hydrogen (secondary N) is 1. The van der Waals surface area contributed by atoms with E-state index in [4.69, 9.17) is 0 Å². The summed E-state index contributed by atoms with van der Waals surface area (Å²) in [5, 5.41) is 3.29. The Morgan fingerprint density at radius 3 is 2.69 bits per heavy atom. The molecule has 1 rings (SSSR count). The van der Waals surface area contributed by atoms with Crippen LogP contribution in [0, 0.1) is 0 Å². The molecule has 0 amide bonds. The highest BCUT2D eigenvalue weighted by Gasteiger charge is 2.33. The van der Waals surface area contributed by atoms with Crippen molar-refractivity contribution in [1.82, 2.24) is 10.2 Å². The zero-order valence-corrected chi connectivity index (χ0v) is 8.48. The summed E-state index contributed by atoms with van der Waals surface area (Å²) in [6, 6.07) is 0.312. The minimum Gasteiger partial charge on any atom is -0.311 e. The van der Waals surface area contributed by atoms with Gasteiger partial charge in [-0.25, -0.2) is 8.78 Å². The van der Waals surface area contributed by atoms with E-state index in [0.717, 1.165) is 6.54 Å². The van der Waals surface area contributed by atoms with E-state index in [0.29, 0.717) is 12.6 Å². The highest BCUT2D eigenvalue weighted by molar-refractivity contribution is 4.91. The normalized spacial score (nSPS) is 29.5. The van der Waals surface area contributed by atoms with E-state index in [9.17, 15) is 8.78 Å². The Morgan fingerprint density at radius 1 is 1.54 bits per heavy atom. The second-order valence-electron chi connectivity index (χ2n) is 4.39. The van der Waals surface area contributed by atoms with Gasteiger partial charge >= 0.3 is 0 Å². The maximum Gasteiger partial charge on any atom is 0.251 e. The van der Waals surface area contributed by atoms with Crippen LogP contribution >= 0.6 is 0 Å². The Kier molecular flexibility index (Phi) is 3.24. The van der Waals surface area contributed by atoms with Crippen LogP contribution < -0.4 is 5.32 Å². The lowest BCUT2D eigenvalue weighted by Crippen LogP contribution is -2.62. The fraction of sp³-hybridized carbons (Fsp3) is 1.00. The van der Waals surface area contributed by atoms with Crippen LogP contribution in [0.2, 0.25) is 0 Å². The maximum atomic E-state index is 12.2. The molecule has 0 aromatic rings. The minimum atomic E-state index is -2.23. The molecule has 1 atom stereocenters. The molecular weight excluding hydrogens is 174 g/mol. The summed E-state index contributed by atoms with van der Waals surface area (Å²) in [6.45, 7) is 7.38. The first-order chi connectivity index (χ1) is 5.92. The lowest BCUT2D eigenvalue weighted by molar-refractivity contribution is 0.00935. The van der Waals surface area contributed by atoms with Crippen molar-refractivity contribution in [3.05, 3.63) is 0 Å². The largest absolute Gasteiger partial charge is 0.311 e. The molecule has 2 nitrogen and oxygen atoms in total. The molecule has 1 heterocycles. The Bertz CT molecular complexity index is 169. The summed E-state index contributed by atoms with van der Waals surface area (Å²) >= 11 is 0. The van der Waals surface area contributed by atoms with Gasteiger partial charge in [0.2, 0.25) is 0 Å².